The van der Waals surface area contributed by atoms with Crippen molar-refractivity contribution in [1.82, 2.24) is 14.9 Å². The maximum Gasteiger partial charge on any atom is 0.136 e. The minimum Gasteiger partial charge on any atom is -0.370 e. The van der Waals surface area contributed by atoms with Gasteiger partial charge in [-0.25, -0.2) is 9.97 Å². The van der Waals surface area contributed by atoms with Crippen LogP contribution in [0, 0.1) is 5.92 Å². The summed E-state index contributed by atoms with van der Waals surface area (Å²) < 4.78 is 0. The van der Waals surface area contributed by atoms with Crippen molar-refractivity contribution in [1.29, 1.82) is 0 Å². The Bertz CT molecular complexity index is 464. The quantitative estimate of drug-likeness (QED) is 0.843. The van der Waals surface area contributed by atoms with Gasteiger partial charge < -0.3 is 15.5 Å². The lowest BCUT2D eigenvalue weighted by atomic mass is 9.97. The molecule has 3 rings (SSSR count). The van der Waals surface area contributed by atoms with Gasteiger partial charge in [0.1, 0.15) is 17.5 Å². The van der Waals surface area contributed by atoms with E-state index in [1.54, 1.807) is 0 Å². The highest BCUT2D eigenvalue weighted by molar-refractivity contribution is 5.48. The van der Waals surface area contributed by atoms with E-state index in [0.29, 0.717) is 5.92 Å². The van der Waals surface area contributed by atoms with Crippen LogP contribution in [0.5, 0.6) is 0 Å². The van der Waals surface area contributed by atoms with Gasteiger partial charge in [0.05, 0.1) is 0 Å². The summed E-state index contributed by atoms with van der Waals surface area (Å²) >= 11 is 0. The molecular formula is C16H27N5. The van der Waals surface area contributed by atoms with E-state index >= 15 is 0 Å². The molecule has 2 N–H and O–H groups in total. The number of rotatable bonds is 6. The summed E-state index contributed by atoms with van der Waals surface area (Å²) in [7, 11) is 2.21. The number of nitrogens with zero attached hydrogens (tertiary/aromatic N) is 3. The van der Waals surface area contributed by atoms with Gasteiger partial charge in [0.15, 0.2) is 0 Å². The Labute approximate surface area is 127 Å². The van der Waals surface area contributed by atoms with Crippen molar-refractivity contribution >= 4 is 11.6 Å². The Morgan fingerprint density at radius 2 is 1.76 bits per heavy atom. The molecule has 1 aliphatic carbocycles. The van der Waals surface area contributed by atoms with Crippen LogP contribution in [0.1, 0.15) is 44.3 Å². The molecular weight excluding hydrogens is 262 g/mol. The first kappa shape index (κ1) is 14.6. The van der Waals surface area contributed by atoms with E-state index in [1.807, 2.05) is 6.07 Å². The zero-order valence-electron chi connectivity index (χ0n) is 13.2. The minimum atomic E-state index is 0.590. The van der Waals surface area contributed by atoms with Crippen LogP contribution in [0.15, 0.2) is 6.07 Å². The predicted molar refractivity (Wildman–Crippen MR) is 86.9 cm³/mol. The summed E-state index contributed by atoms with van der Waals surface area (Å²) in [5.74, 6) is 4.32. The summed E-state index contributed by atoms with van der Waals surface area (Å²) in [5, 5.41) is 6.86. The smallest absolute Gasteiger partial charge is 0.136 e. The standard InChI is InChI=1S/C16H27N5/c1-3-17-14-10-15(20-16(19-14)13-4-5-13)18-11-12-6-8-21(2)9-7-12/h10,12-13H,3-9,11H2,1-2H3,(H2,17,18,19,20). The molecule has 1 aliphatic heterocycles. The lowest BCUT2D eigenvalue weighted by molar-refractivity contribution is 0.226. The summed E-state index contributed by atoms with van der Waals surface area (Å²) in [4.78, 5) is 11.7. The van der Waals surface area contributed by atoms with Gasteiger partial charge in [-0.2, -0.15) is 0 Å². The lowest BCUT2D eigenvalue weighted by Gasteiger charge is -2.29. The third-order valence-corrected chi connectivity index (χ3v) is 4.45. The molecule has 1 saturated heterocycles. The minimum absolute atomic E-state index is 0.590. The summed E-state index contributed by atoms with van der Waals surface area (Å²) in [6.45, 7) is 6.46. The molecule has 21 heavy (non-hydrogen) atoms. The number of aromatic nitrogens is 2. The summed E-state index contributed by atoms with van der Waals surface area (Å²) in [5.41, 5.74) is 0. The van der Waals surface area contributed by atoms with Gasteiger partial charge in [-0.15, -0.1) is 0 Å². The average Bonchev–Trinajstić information content (AvgIpc) is 3.31. The Hall–Kier alpha value is -1.36. The molecule has 1 aromatic heterocycles. The predicted octanol–water partition coefficient (Wildman–Crippen LogP) is 2.54. The van der Waals surface area contributed by atoms with E-state index in [2.05, 4.69) is 34.5 Å². The van der Waals surface area contributed by atoms with Crippen LogP contribution in [0.4, 0.5) is 11.6 Å². The van der Waals surface area contributed by atoms with E-state index in [4.69, 9.17) is 4.98 Å². The van der Waals surface area contributed by atoms with Crippen molar-refractivity contribution in [2.75, 3.05) is 43.9 Å². The van der Waals surface area contributed by atoms with Gasteiger partial charge in [0.25, 0.3) is 0 Å². The van der Waals surface area contributed by atoms with Crippen molar-refractivity contribution in [3.8, 4) is 0 Å². The number of likely N-dealkylation sites (tertiary alicyclic amines) is 1. The van der Waals surface area contributed by atoms with E-state index in [0.717, 1.165) is 36.5 Å². The molecule has 0 aromatic carbocycles. The molecule has 5 nitrogen and oxygen atoms in total. The van der Waals surface area contributed by atoms with Crippen molar-refractivity contribution in [3.63, 3.8) is 0 Å². The normalized spacial score (nSPS) is 20.5. The second-order valence-electron chi connectivity index (χ2n) is 6.43. The first-order valence-electron chi connectivity index (χ1n) is 8.30. The Balaban J connectivity index is 1.61. The van der Waals surface area contributed by atoms with Gasteiger partial charge in [-0.1, -0.05) is 0 Å². The molecule has 0 atom stereocenters. The first-order chi connectivity index (χ1) is 10.2. The SMILES string of the molecule is CCNc1cc(NCC2CCN(C)CC2)nc(C2CC2)n1. The van der Waals surface area contributed by atoms with E-state index in [1.165, 1.54) is 38.8 Å². The van der Waals surface area contributed by atoms with Gasteiger partial charge in [-0.3, -0.25) is 0 Å². The highest BCUT2D eigenvalue weighted by Crippen LogP contribution is 2.38. The molecule has 5 heteroatoms. The Morgan fingerprint density at radius 3 is 2.38 bits per heavy atom. The third-order valence-electron chi connectivity index (χ3n) is 4.45. The number of nitrogens with one attached hydrogen (secondary N) is 2. The fourth-order valence-corrected chi connectivity index (χ4v) is 2.87. The average molecular weight is 289 g/mol. The molecule has 0 unspecified atom stereocenters. The van der Waals surface area contributed by atoms with Crippen LogP contribution < -0.4 is 10.6 Å². The van der Waals surface area contributed by atoms with Crippen LogP contribution >= 0.6 is 0 Å². The molecule has 2 heterocycles. The van der Waals surface area contributed by atoms with Crippen LogP contribution in [0.25, 0.3) is 0 Å². The fourth-order valence-electron chi connectivity index (χ4n) is 2.87. The Kier molecular flexibility index (Phi) is 4.58. The Morgan fingerprint density at radius 1 is 1.10 bits per heavy atom. The molecule has 1 aromatic rings. The lowest BCUT2D eigenvalue weighted by Crippen LogP contribution is -2.33. The first-order valence-corrected chi connectivity index (χ1v) is 8.30. The third kappa shape index (κ3) is 4.06. The zero-order chi connectivity index (χ0) is 14.7. The van der Waals surface area contributed by atoms with Crippen molar-refractivity contribution in [2.24, 2.45) is 5.92 Å². The summed E-state index contributed by atoms with van der Waals surface area (Å²) in [6.07, 6.45) is 5.04. The second-order valence-corrected chi connectivity index (χ2v) is 6.43. The molecule has 2 aliphatic rings. The van der Waals surface area contributed by atoms with Crippen LogP contribution in [-0.2, 0) is 0 Å². The van der Waals surface area contributed by atoms with Gasteiger partial charge in [-0.05, 0) is 58.7 Å². The van der Waals surface area contributed by atoms with E-state index in [9.17, 15) is 0 Å². The summed E-state index contributed by atoms with van der Waals surface area (Å²) in [6, 6.07) is 2.05. The van der Waals surface area contributed by atoms with Gasteiger partial charge >= 0.3 is 0 Å². The van der Waals surface area contributed by atoms with Gasteiger partial charge in [0, 0.05) is 25.1 Å². The molecule has 1 saturated carbocycles. The maximum absolute atomic E-state index is 4.70. The highest BCUT2D eigenvalue weighted by Gasteiger charge is 2.27. The molecule has 0 spiro atoms. The zero-order valence-corrected chi connectivity index (χ0v) is 13.2. The molecule has 0 bridgehead atoms. The topological polar surface area (TPSA) is 53.1 Å². The van der Waals surface area contributed by atoms with Crippen LogP contribution in [0.3, 0.4) is 0 Å². The highest BCUT2D eigenvalue weighted by atomic mass is 15.1. The van der Waals surface area contributed by atoms with Crippen LogP contribution in [0.2, 0.25) is 0 Å². The second kappa shape index (κ2) is 6.60. The number of hydrogen-bond acceptors (Lipinski definition) is 5. The maximum atomic E-state index is 4.70. The molecule has 116 valence electrons. The van der Waals surface area contributed by atoms with Crippen LogP contribution in [-0.4, -0.2) is 48.1 Å². The van der Waals surface area contributed by atoms with Crippen molar-refractivity contribution in [2.45, 2.75) is 38.5 Å². The van der Waals surface area contributed by atoms with Crippen molar-refractivity contribution < 1.29 is 0 Å². The monoisotopic (exact) mass is 289 g/mol. The molecule has 0 amide bonds. The van der Waals surface area contributed by atoms with E-state index < -0.39 is 0 Å². The number of anilines is 2. The number of piperidine rings is 1. The molecule has 2 fully saturated rings. The largest absolute Gasteiger partial charge is 0.370 e. The molecule has 0 radical (unpaired) electrons. The van der Waals surface area contributed by atoms with Crippen molar-refractivity contribution in [3.05, 3.63) is 11.9 Å². The fraction of sp³-hybridized carbons (Fsp3) is 0.750. The number of hydrogen-bond donors (Lipinski definition) is 2. The van der Waals surface area contributed by atoms with Gasteiger partial charge in [0.2, 0.25) is 0 Å². The van der Waals surface area contributed by atoms with E-state index in [-0.39, 0.29) is 0 Å².